The molecule has 0 saturated carbocycles. The highest BCUT2D eigenvalue weighted by molar-refractivity contribution is 5.97. The van der Waals surface area contributed by atoms with Crippen molar-refractivity contribution in [1.82, 2.24) is 21.2 Å². The molecule has 1 saturated heterocycles. The maximum atomic E-state index is 12.4. The third-order valence-corrected chi connectivity index (χ3v) is 4.10. The lowest BCUT2D eigenvalue weighted by Crippen LogP contribution is -2.47. The Bertz CT molecular complexity index is 740. The van der Waals surface area contributed by atoms with Gasteiger partial charge in [-0.25, -0.2) is 5.43 Å². The fraction of sp³-hybridized carbons (Fsp3) is 0.333. The molecule has 0 spiro atoms. The summed E-state index contributed by atoms with van der Waals surface area (Å²) in [6.07, 6.45) is 1.27. The van der Waals surface area contributed by atoms with Crippen LogP contribution in [0.3, 0.4) is 0 Å². The summed E-state index contributed by atoms with van der Waals surface area (Å²) in [6.45, 7) is 4.07. The van der Waals surface area contributed by atoms with Crippen LogP contribution >= 0.6 is 0 Å². The number of pyridine rings is 1. The van der Waals surface area contributed by atoms with Crippen LogP contribution in [0.4, 0.5) is 0 Å². The van der Waals surface area contributed by atoms with Gasteiger partial charge in [-0.3, -0.25) is 15.0 Å². The van der Waals surface area contributed by atoms with Crippen molar-refractivity contribution in [2.75, 3.05) is 0 Å². The van der Waals surface area contributed by atoms with E-state index in [2.05, 4.69) is 21.2 Å². The van der Waals surface area contributed by atoms with Crippen LogP contribution in [0.15, 0.2) is 35.3 Å². The van der Waals surface area contributed by atoms with Gasteiger partial charge in [-0.15, -0.1) is 0 Å². The number of rotatable bonds is 2. The second kappa shape index (κ2) is 5.31. The predicted octanol–water partition coefficient (Wildman–Crippen LogP) is 0.716. The van der Waals surface area contributed by atoms with Crippen molar-refractivity contribution in [3.8, 4) is 0 Å². The van der Waals surface area contributed by atoms with Gasteiger partial charge in [-0.05, 0) is 19.1 Å². The van der Waals surface area contributed by atoms with Crippen molar-refractivity contribution in [2.24, 2.45) is 5.92 Å². The Balaban J connectivity index is 1.88. The smallest absolute Gasteiger partial charge is 0.258 e. The number of carbonyl (C=O) groups excluding carboxylic acids is 1. The van der Waals surface area contributed by atoms with Crippen molar-refractivity contribution in [2.45, 2.75) is 26.1 Å². The Morgan fingerprint density at radius 2 is 1.95 bits per heavy atom. The van der Waals surface area contributed by atoms with E-state index in [1.807, 2.05) is 26.0 Å². The van der Waals surface area contributed by atoms with Crippen molar-refractivity contribution >= 4 is 16.8 Å². The summed E-state index contributed by atoms with van der Waals surface area (Å²) in [5.41, 5.74) is 6.68. The lowest BCUT2D eigenvalue weighted by atomic mass is 10.0. The highest BCUT2D eigenvalue weighted by Gasteiger charge is 2.30. The number of aromatic nitrogens is 1. The lowest BCUT2D eigenvalue weighted by molar-refractivity contribution is 0.0922. The second-order valence-corrected chi connectivity index (χ2v) is 5.46. The van der Waals surface area contributed by atoms with E-state index in [0.717, 1.165) is 5.52 Å². The third kappa shape index (κ3) is 2.43. The van der Waals surface area contributed by atoms with Crippen LogP contribution < -0.4 is 21.6 Å². The molecule has 110 valence electrons. The maximum Gasteiger partial charge on any atom is 0.258 e. The van der Waals surface area contributed by atoms with Crippen molar-refractivity contribution in [3.05, 3.63) is 46.2 Å². The molecule has 3 rings (SSSR count). The first-order valence-electron chi connectivity index (χ1n) is 7.00. The molecule has 2 heterocycles. The Kier molecular flexibility index (Phi) is 3.48. The van der Waals surface area contributed by atoms with Gasteiger partial charge < -0.3 is 10.3 Å². The number of para-hydroxylation sites is 1. The van der Waals surface area contributed by atoms with E-state index in [1.54, 1.807) is 12.1 Å². The molecule has 2 aromatic rings. The predicted molar refractivity (Wildman–Crippen MR) is 80.7 cm³/mol. The number of H-pyrrole nitrogens is 1. The van der Waals surface area contributed by atoms with Gasteiger partial charge in [0.1, 0.15) is 5.56 Å². The van der Waals surface area contributed by atoms with Crippen LogP contribution in [0, 0.1) is 5.92 Å². The van der Waals surface area contributed by atoms with E-state index >= 15 is 0 Å². The summed E-state index contributed by atoms with van der Waals surface area (Å²) >= 11 is 0. The number of hydrazine groups is 1. The fourth-order valence-electron chi connectivity index (χ4n) is 2.50. The Hall–Kier alpha value is -2.18. The summed E-state index contributed by atoms with van der Waals surface area (Å²) < 4.78 is 0. The van der Waals surface area contributed by atoms with Crippen molar-refractivity contribution < 1.29 is 4.79 Å². The van der Waals surface area contributed by atoms with Gasteiger partial charge in [0.25, 0.3) is 5.91 Å². The quantitative estimate of drug-likeness (QED) is 0.655. The SMILES string of the molecule is CC1NNC(NC(=O)c2c[nH]c3ccccc3c2=O)C1C. The number of amides is 1. The molecule has 4 N–H and O–H groups in total. The van der Waals surface area contributed by atoms with E-state index in [-0.39, 0.29) is 35.0 Å². The monoisotopic (exact) mass is 286 g/mol. The topological polar surface area (TPSA) is 86.0 Å². The second-order valence-electron chi connectivity index (χ2n) is 5.46. The molecule has 1 amide bonds. The molecule has 1 aliphatic rings. The minimum atomic E-state index is -0.373. The molecule has 1 aliphatic heterocycles. The molecule has 6 heteroatoms. The number of nitrogens with one attached hydrogen (secondary N) is 4. The van der Waals surface area contributed by atoms with Crippen LogP contribution in [0.5, 0.6) is 0 Å². The first-order chi connectivity index (χ1) is 10.1. The van der Waals surface area contributed by atoms with Crippen LogP contribution in [-0.2, 0) is 0 Å². The summed E-state index contributed by atoms with van der Waals surface area (Å²) in [6, 6.07) is 7.40. The summed E-state index contributed by atoms with van der Waals surface area (Å²) in [4.78, 5) is 27.7. The van der Waals surface area contributed by atoms with Crippen LogP contribution in [0.2, 0.25) is 0 Å². The van der Waals surface area contributed by atoms with E-state index in [9.17, 15) is 9.59 Å². The Morgan fingerprint density at radius 3 is 2.67 bits per heavy atom. The van der Waals surface area contributed by atoms with Crippen molar-refractivity contribution in [3.63, 3.8) is 0 Å². The van der Waals surface area contributed by atoms with Crippen molar-refractivity contribution in [1.29, 1.82) is 0 Å². The molecule has 21 heavy (non-hydrogen) atoms. The molecule has 6 nitrogen and oxygen atoms in total. The largest absolute Gasteiger partial charge is 0.360 e. The summed E-state index contributed by atoms with van der Waals surface area (Å²) in [5, 5.41) is 3.37. The van der Waals surface area contributed by atoms with Gasteiger partial charge in [-0.2, -0.15) is 0 Å². The highest BCUT2D eigenvalue weighted by Crippen LogP contribution is 2.12. The number of carbonyl (C=O) groups is 1. The molecule has 3 atom stereocenters. The lowest BCUT2D eigenvalue weighted by Gasteiger charge is -2.17. The van der Waals surface area contributed by atoms with E-state index < -0.39 is 0 Å². The standard InChI is InChI=1S/C15H18N4O2/c1-8-9(2)18-19-14(8)17-15(21)11-7-16-12-6-4-3-5-10(12)13(11)20/h3-9,14,18-19H,1-2H3,(H,16,20)(H,17,21). The van der Waals surface area contributed by atoms with Gasteiger partial charge in [0, 0.05) is 29.1 Å². The highest BCUT2D eigenvalue weighted by atomic mass is 16.2. The van der Waals surface area contributed by atoms with Gasteiger partial charge in [0.2, 0.25) is 5.43 Å². The Labute approximate surface area is 121 Å². The summed E-state index contributed by atoms with van der Waals surface area (Å²) in [7, 11) is 0. The number of benzene rings is 1. The molecular weight excluding hydrogens is 268 g/mol. The fourth-order valence-corrected chi connectivity index (χ4v) is 2.50. The zero-order valence-corrected chi connectivity index (χ0v) is 11.9. The van der Waals surface area contributed by atoms with E-state index in [1.165, 1.54) is 6.20 Å². The number of hydrogen-bond donors (Lipinski definition) is 4. The number of fused-ring (bicyclic) bond motifs is 1. The molecule has 0 bridgehead atoms. The normalized spacial score (nSPS) is 25.1. The van der Waals surface area contributed by atoms with Crippen LogP contribution in [0.25, 0.3) is 10.9 Å². The minimum absolute atomic E-state index is 0.127. The van der Waals surface area contributed by atoms with Gasteiger partial charge in [0.05, 0.1) is 6.17 Å². The van der Waals surface area contributed by atoms with E-state index in [0.29, 0.717) is 5.39 Å². The number of hydrogen-bond acceptors (Lipinski definition) is 4. The summed E-state index contributed by atoms with van der Waals surface area (Å²) in [5.74, 6) is -0.143. The average Bonchev–Trinajstić information content (AvgIpc) is 2.80. The van der Waals surface area contributed by atoms with Gasteiger partial charge in [0.15, 0.2) is 0 Å². The Morgan fingerprint density at radius 1 is 1.19 bits per heavy atom. The minimum Gasteiger partial charge on any atom is -0.360 e. The van der Waals surface area contributed by atoms with Gasteiger partial charge in [-0.1, -0.05) is 19.1 Å². The molecule has 1 aromatic carbocycles. The van der Waals surface area contributed by atoms with Crippen LogP contribution in [0.1, 0.15) is 24.2 Å². The number of aromatic amines is 1. The molecule has 0 radical (unpaired) electrons. The molecule has 1 fully saturated rings. The van der Waals surface area contributed by atoms with Gasteiger partial charge >= 0.3 is 0 Å². The van der Waals surface area contributed by atoms with Crippen LogP contribution in [-0.4, -0.2) is 23.1 Å². The first-order valence-corrected chi connectivity index (χ1v) is 7.00. The molecule has 0 aliphatic carbocycles. The van der Waals surface area contributed by atoms with E-state index in [4.69, 9.17) is 0 Å². The molecule has 1 aromatic heterocycles. The zero-order chi connectivity index (χ0) is 15.0. The average molecular weight is 286 g/mol. The zero-order valence-electron chi connectivity index (χ0n) is 11.9. The first kappa shape index (κ1) is 13.8. The third-order valence-electron chi connectivity index (χ3n) is 4.10. The molecular formula is C15H18N4O2. The maximum absolute atomic E-state index is 12.4. The molecule has 3 unspecified atom stereocenters.